The van der Waals surface area contributed by atoms with Gasteiger partial charge in [-0.05, 0) is 38.4 Å². The average Bonchev–Trinajstić information content (AvgIpc) is 2.32. The second-order valence-electron chi connectivity index (χ2n) is 4.55. The zero-order valence-electron chi connectivity index (χ0n) is 11.2. The van der Waals surface area contributed by atoms with Crippen molar-refractivity contribution in [1.29, 1.82) is 0 Å². The maximum absolute atomic E-state index is 13.3. The molecule has 2 nitrogen and oxygen atoms in total. The van der Waals surface area contributed by atoms with Crippen molar-refractivity contribution in [3.8, 4) is 0 Å². The van der Waals surface area contributed by atoms with Gasteiger partial charge < -0.3 is 10.1 Å². The van der Waals surface area contributed by atoms with Gasteiger partial charge in [-0.25, -0.2) is 4.39 Å². The lowest BCUT2D eigenvalue weighted by Gasteiger charge is -2.20. The van der Waals surface area contributed by atoms with Gasteiger partial charge in [0.05, 0.1) is 17.7 Å². The van der Waals surface area contributed by atoms with Crippen LogP contribution in [0.2, 0.25) is 5.02 Å². The van der Waals surface area contributed by atoms with E-state index < -0.39 is 0 Å². The number of ether oxygens (including phenoxy) is 1. The zero-order chi connectivity index (χ0) is 13.5. The minimum atomic E-state index is -0.366. The molecule has 0 fully saturated rings. The number of benzene rings is 1. The number of halogens is 2. The Bertz CT molecular complexity index is 371. The third kappa shape index (κ3) is 4.92. The fourth-order valence-electron chi connectivity index (χ4n) is 1.76. The topological polar surface area (TPSA) is 21.3 Å². The molecular weight excluding hydrogens is 253 g/mol. The standard InChI is InChI=1S/C14H21ClFNO/c1-4-17-12(9-18-10(2)3)8-11-6-5-7-13(16)14(11)15/h5-7,10,12,17H,4,8-9H2,1-3H3. The normalized spacial score (nSPS) is 13.0. The third-order valence-electron chi connectivity index (χ3n) is 2.62. The van der Waals surface area contributed by atoms with Gasteiger partial charge in [-0.15, -0.1) is 0 Å². The van der Waals surface area contributed by atoms with Crippen molar-refractivity contribution in [3.63, 3.8) is 0 Å². The van der Waals surface area contributed by atoms with Crippen LogP contribution in [0.1, 0.15) is 26.3 Å². The second kappa shape index (κ2) is 7.72. The van der Waals surface area contributed by atoms with E-state index in [1.54, 1.807) is 6.07 Å². The molecule has 0 heterocycles. The van der Waals surface area contributed by atoms with Crippen LogP contribution in [-0.2, 0) is 11.2 Å². The molecule has 1 atom stereocenters. The van der Waals surface area contributed by atoms with E-state index in [4.69, 9.17) is 16.3 Å². The minimum Gasteiger partial charge on any atom is -0.377 e. The molecule has 0 aliphatic rings. The molecule has 1 aromatic carbocycles. The summed E-state index contributed by atoms with van der Waals surface area (Å²) >= 11 is 5.96. The fraction of sp³-hybridized carbons (Fsp3) is 0.571. The molecule has 0 bridgehead atoms. The first-order valence-electron chi connectivity index (χ1n) is 6.32. The van der Waals surface area contributed by atoms with Crippen LogP contribution < -0.4 is 5.32 Å². The maximum atomic E-state index is 13.3. The van der Waals surface area contributed by atoms with E-state index in [-0.39, 0.29) is 23.0 Å². The Balaban J connectivity index is 2.67. The lowest BCUT2D eigenvalue weighted by Crippen LogP contribution is -2.36. The predicted octanol–water partition coefficient (Wildman–Crippen LogP) is 3.42. The molecule has 18 heavy (non-hydrogen) atoms. The minimum absolute atomic E-state index is 0.150. The highest BCUT2D eigenvalue weighted by atomic mass is 35.5. The summed E-state index contributed by atoms with van der Waals surface area (Å²) in [7, 11) is 0. The first-order valence-corrected chi connectivity index (χ1v) is 6.70. The van der Waals surface area contributed by atoms with Crippen LogP contribution in [0.3, 0.4) is 0 Å². The van der Waals surface area contributed by atoms with Crippen LogP contribution in [0.25, 0.3) is 0 Å². The Hall–Kier alpha value is -0.640. The van der Waals surface area contributed by atoms with Gasteiger partial charge in [0, 0.05) is 6.04 Å². The predicted molar refractivity (Wildman–Crippen MR) is 73.7 cm³/mol. The summed E-state index contributed by atoms with van der Waals surface area (Å²) in [5.74, 6) is -0.366. The zero-order valence-corrected chi connectivity index (χ0v) is 11.9. The summed E-state index contributed by atoms with van der Waals surface area (Å²) in [6.45, 7) is 7.48. The van der Waals surface area contributed by atoms with Gasteiger partial charge in [-0.1, -0.05) is 30.7 Å². The van der Waals surface area contributed by atoms with Gasteiger partial charge >= 0.3 is 0 Å². The smallest absolute Gasteiger partial charge is 0.142 e. The van der Waals surface area contributed by atoms with Crippen LogP contribution in [0, 0.1) is 5.82 Å². The second-order valence-corrected chi connectivity index (χ2v) is 4.93. The van der Waals surface area contributed by atoms with E-state index in [1.807, 2.05) is 26.8 Å². The molecule has 0 aromatic heterocycles. The van der Waals surface area contributed by atoms with Crippen molar-refractivity contribution in [2.24, 2.45) is 0 Å². The molecule has 1 rings (SSSR count). The molecule has 4 heteroatoms. The molecule has 0 spiro atoms. The van der Waals surface area contributed by atoms with Crippen molar-refractivity contribution in [1.82, 2.24) is 5.32 Å². The molecule has 0 aliphatic carbocycles. The molecule has 0 saturated carbocycles. The number of nitrogens with one attached hydrogen (secondary N) is 1. The summed E-state index contributed by atoms with van der Waals surface area (Å²) < 4.78 is 18.9. The molecule has 1 N–H and O–H groups in total. The van der Waals surface area contributed by atoms with Crippen molar-refractivity contribution in [2.45, 2.75) is 39.3 Å². The van der Waals surface area contributed by atoms with Crippen LogP contribution in [0.4, 0.5) is 4.39 Å². The molecule has 0 aliphatic heterocycles. The summed E-state index contributed by atoms with van der Waals surface area (Å²) in [5, 5.41) is 3.54. The molecule has 1 aromatic rings. The van der Waals surface area contributed by atoms with Crippen LogP contribution in [0.5, 0.6) is 0 Å². The Morgan fingerprint density at radius 3 is 2.72 bits per heavy atom. The van der Waals surface area contributed by atoms with Crippen LogP contribution in [-0.4, -0.2) is 25.3 Å². The van der Waals surface area contributed by atoms with E-state index in [2.05, 4.69) is 5.32 Å². The Morgan fingerprint density at radius 2 is 2.11 bits per heavy atom. The summed E-state index contributed by atoms with van der Waals surface area (Å²) in [4.78, 5) is 0. The molecule has 0 radical (unpaired) electrons. The molecule has 102 valence electrons. The summed E-state index contributed by atoms with van der Waals surface area (Å²) in [5.41, 5.74) is 0.815. The number of hydrogen-bond donors (Lipinski definition) is 1. The van der Waals surface area contributed by atoms with Gasteiger partial charge in [0.25, 0.3) is 0 Å². The van der Waals surface area contributed by atoms with Gasteiger partial charge in [-0.3, -0.25) is 0 Å². The lowest BCUT2D eigenvalue weighted by atomic mass is 10.1. The van der Waals surface area contributed by atoms with E-state index in [9.17, 15) is 4.39 Å². The molecule has 0 amide bonds. The first-order chi connectivity index (χ1) is 8.54. The monoisotopic (exact) mass is 273 g/mol. The SMILES string of the molecule is CCNC(COC(C)C)Cc1cccc(F)c1Cl. The van der Waals surface area contributed by atoms with Gasteiger partial charge in [0.2, 0.25) is 0 Å². The van der Waals surface area contributed by atoms with Gasteiger partial charge in [-0.2, -0.15) is 0 Å². The van der Waals surface area contributed by atoms with Crippen molar-refractivity contribution in [2.75, 3.05) is 13.2 Å². The summed E-state index contributed by atoms with van der Waals surface area (Å²) in [6.07, 6.45) is 0.853. The number of rotatable bonds is 7. The van der Waals surface area contributed by atoms with Crippen molar-refractivity contribution in [3.05, 3.63) is 34.6 Å². The van der Waals surface area contributed by atoms with E-state index in [1.165, 1.54) is 6.07 Å². The first kappa shape index (κ1) is 15.4. The lowest BCUT2D eigenvalue weighted by molar-refractivity contribution is 0.0616. The van der Waals surface area contributed by atoms with Crippen molar-refractivity contribution >= 4 is 11.6 Å². The molecule has 1 unspecified atom stereocenters. The highest BCUT2D eigenvalue weighted by Gasteiger charge is 2.13. The maximum Gasteiger partial charge on any atom is 0.142 e. The van der Waals surface area contributed by atoms with E-state index >= 15 is 0 Å². The van der Waals surface area contributed by atoms with Gasteiger partial charge in [0.15, 0.2) is 0 Å². The van der Waals surface area contributed by atoms with Gasteiger partial charge in [0.1, 0.15) is 5.82 Å². The Kier molecular flexibility index (Phi) is 6.61. The third-order valence-corrected chi connectivity index (χ3v) is 3.04. The highest BCUT2D eigenvalue weighted by molar-refractivity contribution is 6.31. The number of likely N-dealkylation sites (N-methyl/N-ethyl adjacent to an activating group) is 1. The van der Waals surface area contributed by atoms with Crippen LogP contribution in [0.15, 0.2) is 18.2 Å². The summed E-state index contributed by atoms with van der Waals surface area (Å²) in [6, 6.07) is 5.06. The van der Waals surface area contributed by atoms with E-state index in [0.717, 1.165) is 12.1 Å². The largest absolute Gasteiger partial charge is 0.377 e. The Labute approximate surface area is 113 Å². The highest BCUT2D eigenvalue weighted by Crippen LogP contribution is 2.21. The average molecular weight is 274 g/mol. The van der Waals surface area contributed by atoms with E-state index in [0.29, 0.717) is 13.0 Å². The van der Waals surface area contributed by atoms with Crippen molar-refractivity contribution < 1.29 is 9.13 Å². The molecule has 0 saturated heterocycles. The number of hydrogen-bond acceptors (Lipinski definition) is 2. The fourth-order valence-corrected chi connectivity index (χ4v) is 1.96. The van der Waals surface area contributed by atoms with Crippen LogP contribution >= 0.6 is 11.6 Å². The molecular formula is C14H21ClFNO. The Morgan fingerprint density at radius 1 is 1.39 bits per heavy atom. The quantitative estimate of drug-likeness (QED) is 0.822.